The number of fused-ring (bicyclic) bond motifs is 1. The van der Waals surface area contributed by atoms with Gasteiger partial charge in [0.25, 0.3) is 0 Å². The molecule has 0 aliphatic rings. The predicted octanol–water partition coefficient (Wildman–Crippen LogP) is 5.76. The number of rotatable bonds is 5. The minimum Gasteiger partial charge on any atom is -0.242 e. The highest BCUT2D eigenvalue weighted by atomic mass is 32.2. The summed E-state index contributed by atoms with van der Waals surface area (Å²) in [6.45, 7) is 6.00. The Morgan fingerprint density at radius 2 is 1.76 bits per heavy atom. The minimum absolute atomic E-state index is 0.0823. The Bertz CT molecular complexity index is 862. The van der Waals surface area contributed by atoms with Gasteiger partial charge in [0.1, 0.15) is 0 Å². The first kappa shape index (κ1) is 18.6. The molecule has 1 heterocycles. The Morgan fingerprint density at radius 3 is 2.44 bits per heavy atom. The second-order valence-electron chi connectivity index (χ2n) is 6.86. The Hall–Kier alpha value is -1.14. The molecular formula is C20H23NOS3. The molecule has 2 atom stereocenters. The summed E-state index contributed by atoms with van der Waals surface area (Å²) in [6, 6.07) is 18.9. The zero-order valence-electron chi connectivity index (χ0n) is 14.9. The van der Waals surface area contributed by atoms with Crippen LogP contribution in [0.25, 0.3) is 10.1 Å². The fraction of sp³-hybridized carbons (Fsp3) is 0.300. The minimum atomic E-state index is -1.15. The first-order valence-corrected chi connectivity index (χ1v) is 11.4. The third-order valence-electron chi connectivity index (χ3n) is 3.96. The lowest BCUT2D eigenvalue weighted by Crippen LogP contribution is -2.36. The lowest BCUT2D eigenvalue weighted by molar-refractivity contribution is 0.623. The van der Waals surface area contributed by atoms with Crippen molar-refractivity contribution in [1.29, 1.82) is 0 Å². The molecule has 0 saturated heterocycles. The second kappa shape index (κ2) is 7.62. The second-order valence-corrected chi connectivity index (χ2v) is 10.8. The number of thioether (sulfide) groups is 1. The molecule has 0 aliphatic heterocycles. The summed E-state index contributed by atoms with van der Waals surface area (Å²) >= 11 is 3.49. The average molecular weight is 390 g/mol. The number of hydrogen-bond acceptors (Lipinski definition) is 3. The highest BCUT2D eigenvalue weighted by Crippen LogP contribution is 2.37. The zero-order valence-corrected chi connectivity index (χ0v) is 17.4. The summed E-state index contributed by atoms with van der Waals surface area (Å²) in [5.41, 5.74) is 1.18. The molecule has 0 amide bonds. The molecule has 3 rings (SSSR count). The molecule has 0 unspecified atom stereocenters. The molecular weight excluding hydrogens is 366 g/mol. The molecule has 3 aromatic rings. The summed E-state index contributed by atoms with van der Waals surface area (Å²) in [4.78, 5) is 2.41. The van der Waals surface area contributed by atoms with E-state index < -0.39 is 11.0 Å². The molecule has 5 heteroatoms. The van der Waals surface area contributed by atoms with Crippen LogP contribution in [0.4, 0.5) is 0 Å². The molecule has 1 N–H and O–H groups in total. The van der Waals surface area contributed by atoms with E-state index >= 15 is 0 Å². The Labute approximate surface area is 160 Å². The van der Waals surface area contributed by atoms with Gasteiger partial charge in [-0.15, -0.1) is 23.1 Å². The maximum Gasteiger partial charge on any atom is 0.0979 e. The van der Waals surface area contributed by atoms with Crippen LogP contribution in [0.15, 0.2) is 59.5 Å². The van der Waals surface area contributed by atoms with Crippen LogP contribution in [0, 0.1) is 0 Å². The molecule has 0 fully saturated rings. The van der Waals surface area contributed by atoms with Crippen molar-refractivity contribution in [3.63, 3.8) is 0 Å². The largest absolute Gasteiger partial charge is 0.242 e. The molecule has 25 heavy (non-hydrogen) atoms. The van der Waals surface area contributed by atoms with E-state index in [9.17, 15) is 4.21 Å². The van der Waals surface area contributed by atoms with Gasteiger partial charge in [-0.2, -0.15) is 0 Å². The van der Waals surface area contributed by atoms with E-state index in [0.717, 1.165) is 0 Å². The molecule has 0 aliphatic carbocycles. The van der Waals surface area contributed by atoms with Crippen molar-refractivity contribution < 1.29 is 4.21 Å². The third kappa shape index (κ3) is 4.17. The van der Waals surface area contributed by atoms with Crippen LogP contribution in [0.5, 0.6) is 0 Å². The monoisotopic (exact) mass is 389 g/mol. The van der Waals surface area contributed by atoms with Crippen LogP contribution in [0.1, 0.15) is 37.3 Å². The number of hydrogen-bond donors (Lipinski definition) is 1. The van der Waals surface area contributed by atoms with Crippen LogP contribution in [0.3, 0.4) is 0 Å². The molecule has 0 spiro atoms. The molecule has 2 aromatic carbocycles. The summed E-state index contributed by atoms with van der Waals surface area (Å²) < 4.78 is 17.2. The number of benzene rings is 2. The molecule has 132 valence electrons. The van der Waals surface area contributed by atoms with Gasteiger partial charge in [-0.1, -0.05) is 36.4 Å². The van der Waals surface area contributed by atoms with Gasteiger partial charge in [0.15, 0.2) is 0 Å². The van der Waals surface area contributed by atoms with Crippen LogP contribution in [0.2, 0.25) is 0 Å². The Balaban J connectivity index is 2.09. The van der Waals surface area contributed by atoms with Crippen molar-refractivity contribution in [3.8, 4) is 0 Å². The molecule has 0 radical (unpaired) electrons. The normalized spacial score (nSPS) is 14.6. The van der Waals surface area contributed by atoms with E-state index in [4.69, 9.17) is 0 Å². The SMILES string of the molecule is CSc1ccccc1[C@@H](N[S@@](=O)C(C)(C)C)c1cc2ccccc2s1. The van der Waals surface area contributed by atoms with Crippen molar-refractivity contribution >= 4 is 44.2 Å². The summed E-state index contributed by atoms with van der Waals surface area (Å²) in [5, 5.41) is 1.23. The highest BCUT2D eigenvalue weighted by Gasteiger charge is 2.27. The lowest BCUT2D eigenvalue weighted by atomic mass is 10.1. The summed E-state index contributed by atoms with van der Waals surface area (Å²) in [5.74, 6) is 0. The van der Waals surface area contributed by atoms with Gasteiger partial charge < -0.3 is 0 Å². The maximum absolute atomic E-state index is 12.8. The number of nitrogens with one attached hydrogen (secondary N) is 1. The van der Waals surface area contributed by atoms with E-state index in [1.165, 1.54) is 25.4 Å². The van der Waals surface area contributed by atoms with E-state index in [1.54, 1.807) is 23.1 Å². The standard InChI is InChI=1S/C20H23NOS3/c1-20(2,3)25(22)21-19(15-10-6-8-12-17(15)23-4)18-13-14-9-5-7-11-16(14)24-18/h5-13,19,21H,1-4H3/t19-,25+/m1/s1. The topological polar surface area (TPSA) is 29.1 Å². The van der Waals surface area contributed by atoms with E-state index in [1.807, 2.05) is 20.8 Å². The van der Waals surface area contributed by atoms with Crippen molar-refractivity contribution in [2.75, 3.05) is 6.26 Å². The van der Waals surface area contributed by atoms with Crippen LogP contribution >= 0.6 is 23.1 Å². The molecule has 2 nitrogen and oxygen atoms in total. The summed E-state index contributed by atoms with van der Waals surface area (Å²) in [6.07, 6.45) is 2.08. The maximum atomic E-state index is 12.8. The van der Waals surface area contributed by atoms with Gasteiger partial charge >= 0.3 is 0 Å². The van der Waals surface area contributed by atoms with Gasteiger partial charge in [-0.05, 0) is 56.2 Å². The average Bonchev–Trinajstić information content (AvgIpc) is 3.02. The van der Waals surface area contributed by atoms with Gasteiger partial charge in [0.2, 0.25) is 0 Å². The quantitative estimate of drug-likeness (QED) is 0.562. The number of thiophene rings is 1. The van der Waals surface area contributed by atoms with Crippen molar-refractivity contribution in [1.82, 2.24) is 4.72 Å². The van der Waals surface area contributed by atoms with Crippen molar-refractivity contribution in [2.45, 2.75) is 36.5 Å². The molecule has 0 bridgehead atoms. The summed E-state index contributed by atoms with van der Waals surface area (Å²) in [7, 11) is -1.15. The van der Waals surface area contributed by atoms with Crippen molar-refractivity contribution in [3.05, 3.63) is 65.0 Å². The predicted molar refractivity (Wildman–Crippen MR) is 113 cm³/mol. The fourth-order valence-corrected chi connectivity index (χ4v) is 5.28. The van der Waals surface area contributed by atoms with Crippen LogP contribution in [-0.2, 0) is 11.0 Å². The van der Waals surface area contributed by atoms with Gasteiger partial charge in [-0.3, -0.25) is 0 Å². The van der Waals surface area contributed by atoms with Crippen LogP contribution in [-0.4, -0.2) is 15.2 Å². The third-order valence-corrected chi connectivity index (χ3v) is 7.51. The Kier molecular flexibility index (Phi) is 5.68. The zero-order chi connectivity index (χ0) is 18.0. The lowest BCUT2D eigenvalue weighted by Gasteiger charge is -2.25. The highest BCUT2D eigenvalue weighted by molar-refractivity contribution is 7.98. The van der Waals surface area contributed by atoms with Gasteiger partial charge in [-0.25, -0.2) is 8.93 Å². The van der Waals surface area contributed by atoms with Crippen molar-refractivity contribution in [2.24, 2.45) is 0 Å². The van der Waals surface area contributed by atoms with Crippen LogP contribution < -0.4 is 4.72 Å². The fourth-order valence-electron chi connectivity index (χ4n) is 2.61. The van der Waals surface area contributed by atoms with E-state index in [0.29, 0.717) is 0 Å². The van der Waals surface area contributed by atoms with Gasteiger partial charge in [0, 0.05) is 14.5 Å². The molecule has 0 saturated carbocycles. The molecule has 1 aromatic heterocycles. The Morgan fingerprint density at radius 1 is 1.08 bits per heavy atom. The smallest absolute Gasteiger partial charge is 0.0979 e. The first-order valence-electron chi connectivity index (χ1n) is 8.19. The first-order chi connectivity index (χ1) is 11.9. The van der Waals surface area contributed by atoms with Gasteiger partial charge in [0.05, 0.1) is 21.8 Å². The van der Waals surface area contributed by atoms with E-state index in [-0.39, 0.29) is 10.8 Å². The van der Waals surface area contributed by atoms with E-state index in [2.05, 4.69) is 65.6 Å².